The lowest BCUT2D eigenvalue weighted by atomic mass is 9.96. The first-order valence-electron chi connectivity index (χ1n) is 6.83. The van der Waals surface area contributed by atoms with Gasteiger partial charge in [-0.15, -0.1) is 22.7 Å². The third-order valence-corrected chi connectivity index (χ3v) is 6.27. The van der Waals surface area contributed by atoms with Gasteiger partial charge in [0.1, 0.15) is 6.07 Å². The van der Waals surface area contributed by atoms with Crippen LogP contribution in [0.1, 0.15) is 41.8 Å². The van der Waals surface area contributed by atoms with Gasteiger partial charge < -0.3 is 5.73 Å². The van der Waals surface area contributed by atoms with E-state index < -0.39 is 0 Å². The Morgan fingerprint density at radius 1 is 0.810 bits per heavy atom. The summed E-state index contributed by atoms with van der Waals surface area (Å²) < 4.78 is 0. The van der Waals surface area contributed by atoms with Crippen LogP contribution in [0.5, 0.6) is 0 Å². The van der Waals surface area contributed by atoms with Crippen LogP contribution in [0, 0.1) is 52.9 Å². The van der Waals surface area contributed by atoms with Crippen molar-refractivity contribution in [1.82, 2.24) is 0 Å². The molecule has 0 bridgehead atoms. The predicted octanol–water partition coefficient (Wildman–Crippen LogP) is 5.01. The first kappa shape index (κ1) is 15.8. The molecule has 0 aliphatic heterocycles. The van der Waals surface area contributed by atoms with E-state index in [0.717, 1.165) is 16.0 Å². The third kappa shape index (κ3) is 2.52. The van der Waals surface area contributed by atoms with Crippen molar-refractivity contribution < 1.29 is 0 Å². The van der Waals surface area contributed by atoms with Crippen LogP contribution in [0.3, 0.4) is 0 Å². The van der Waals surface area contributed by atoms with Crippen molar-refractivity contribution in [2.24, 2.45) is 5.73 Å². The molecule has 0 radical (unpaired) electrons. The third-order valence-electron chi connectivity index (χ3n) is 4.02. The maximum absolute atomic E-state index is 9.68. The normalized spacial score (nSPS) is 12.2. The maximum atomic E-state index is 9.68. The van der Waals surface area contributed by atoms with E-state index in [1.807, 2.05) is 0 Å². The fraction of sp³-hybridized carbons (Fsp3) is 0.353. The smallest absolute Gasteiger partial charge is 0.102 e. The van der Waals surface area contributed by atoms with Crippen molar-refractivity contribution in [3.8, 4) is 6.07 Å². The van der Waals surface area contributed by atoms with Crippen molar-refractivity contribution >= 4 is 33.9 Å². The highest BCUT2D eigenvalue weighted by atomic mass is 32.1. The molecule has 2 aromatic rings. The molecule has 4 heteroatoms. The van der Waals surface area contributed by atoms with E-state index in [1.165, 1.54) is 25.8 Å². The van der Waals surface area contributed by atoms with Gasteiger partial charge in [0.2, 0.25) is 0 Å². The van der Waals surface area contributed by atoms with Crippen LogP contribution in [-0.4, -0.2) is 0 Å². The van der Waals surface area contributed by atoms with Gasteiger partial charge in [0.25, 0.3) is 0 Å². The Bertz CT molecular complexity index is 783. The van der Waals surface area contributed by atoms with Gasteiger partial charge in [-0.25, -0.2) is 0 Å². The minimum Gasteiger partial charge on any atom is -0.397 e. The molecule has 0 aromatic carbocycles. The number of hydrogen-bond acceptors (Lipinski definition) is 4. The second-order valence-electron chi connectivity index (χ2n) is 5.33. The topological polar surface area (TPSA) is 49.8 Å². The second-order valence-corrected chi connectivity index (χ2v) is 8.19. The number of rotatable bonds is 2. The lowest BCUT2D eigenvalue weighted by molar-refractivity contribution is 1.35. The van der Waals surface area contributed by atoms with Crippen molar-refractivity contribution in [2.45, 2.75) is 41.5 Å². The molecule has 0 saturated heterocycles. The molecule has 0 fully saturated rings. The molecular formula is C17H20N2S2. The summed E-state index contributed by atoms with van der Waals surface area (Å²) >= 11 is 3.47. The molecule has 0 amide bonds. The van der Waals surface area contributed by atoms with E-state index in [1.54, 1.807) is 22.7 Å². The van der Waals surface area contributed by atoms with Gasteiger partial charge in [-0.2, -0.15) is 5.26 Å². The first-order chi connectivity index (χ1) is 9.79. The van der Waals surface area contributed by atoms with E-state index in [2.05, 4.69) is 47.6 Å². The van der Waals surface area contributed by atoms with Gasteiger partial charge in [-0.3, -0.25) is 0 Å². The molecule has 0 atom stereocenters. The fourth-order valence-corrected chi connectivity index (χ4v) is 4.88. The predicted molar refractivity (Wildman–Crippen MR) is 93.7 cm³/mol. The summed E-state index contributed by atoms with van der Waals surface area (Å²) in [5.74, 6) is 0. The van der Waals surface area contributed by atoms with Crippen molar-refractivity contribution in [3.05, 3.63) is 41.8 Å². The summed E-state index contributed by atoms with van der Waals surface area (Å²) in [5.41, 5.74) is 12.0. The summed E-state index contributed by atoms with van der Waals surface area (Å²) in [6.07, 6.45) is 0. The molecule has 0 saturated carbocycles. The van der Waals surface area contributed by atoms with Gasteiger partial charge in [-0.05, 0) is 52.7 Å². The zero-order valence-corrected chi connectivity index (χ0v) is 15.0. The number of allylic oxidation sites excluding steroid dienone is 1. The Kier molecular flexibility index (Phi) is 4.27. The Morgan fingerprint density at radius 3 is 1.57 bits per heavy atom. The molecule has 2 rings (SSSR count). The van der Waals surface area contributed by atoms with Gasteiger partial charge in [0, 0.05) is 30.6 Å². The molecule has 21 heavy (non-hydrogen) atoms. The zero-order chi connectivity index (χ0) is 15.9. The SMILES string of the molecule is Cc1sc(C)c(/C(N)=C(/C#N)c2c(C)sc(C)c2C)c1C. The summed E-state index contributed by atoms with van der Waals surface area (Å²) in [7, 11) is 0. The quantitative estimate of drug-likeness (QED) is 0.792. The van der Waals surface area contributed by atoms with Crippen LogP contribution in [0.4, 0.5) is 0 Å². The highest BCUT2D eigenvalue weighted by Gasteiger charge is 2.20. The molecule has 0 unspecified atom stereocenters. The largest absolute Gasteiger partial charge is 0.397 e. The molecule has 2 heterocycles. The van der Waals surface area contributed by atoms with Crippen molar-refractivity contribution in [1.29, 1.82) is 5.26 Å². The highest BCUT2D eigenvalue weighted by Crippen LogP contribution is 2.37. The first-order valence-corrected chi connectivity index (χ1v) is 8.46. The van der Waals surface area contributed by atoms with Gasteiger partial charge in [-0.1, -0.05) is 0 Å². The molecule has 110 valence electrons. The molecule has 2 nitrogen and oxygen atoms in total. The average Bonchev–Trinajstić information content (AvgIpc) is 2.80. The van der Waals surface area contributed by atoms with E-state index in [4.69, 9.17) is 5.73 Å². The molecular weight excluding hydrogens is 296 g/mol. The van der Waals surface area contributed by atoms with Crippen LogP contribution in [0.15, 0.2) is 0 Å². The Hall–Kier alpha value is -1.57. The monoisotopic (exact) mass is 316 g/mol. The molecule has 0 aliphatic carbocycles. The van der Waals surface area contributed by atoms with Gasteiger partial charge in [0.05, 0.1) is 11.3 Å². The zero-order valence-electron chi connectivity index (χ0n) is 13.3. The Morgan fingerprint density at radius 2 is 1.24 bits per heavy atom. The van der Waals surface area contributed by atoms with E-state index in [9.17, 15) is 5.26 Å². The van der Waals surface area contributed by atoms with E-state index in [-0.39, 0.29) is 0 Å². The lowest BCUT2D eigenvalue weighted by Gasteiger charge is -2.09. The van der Waals surface area contributed by atoms with E-state index in [0.29, 0.717) is 11.3 Å². The molecule has 0 aliphatic rings. The highest BCUT2D eigenvalue weighted by molar-refractivity contribution is 7.12. The maximum Gasteiger partial charge on any atom is 0.102 e. The van der Waals surface area contributed by atoms with Crippen molar-refractivity contribution in [3.63, 3.8) is 0 Å². The second kappa shape index (κ2) is 5.67. The molecule has 2 aromatic heterocycles. The molecule has 2 N–H and O–H groups in total. The van der Waals surface area contributed by atoms with E-state index >= 15 is 0 Å². The summed E-state index contributed by atoms with van der Waals surface area (Å²) in [6.45, 7) is 12.5. The summed E-state index contributed by atoms with van der Waals surface area (Å²) in [6, 6.07) is 2.34. The lowest BCUT2D eigenvalue weighted by Crippen LogP contribution is -2.03. The number of hydrogen-bond donors (Lipinski definition) is 1. The number of nitriles is 1. The van der Waals surface area contributed by atoms with Crippen molar-refractivity contribution in [2.75, 3.05) is 0 Å². The van der Waals surface area contributed by atoms with Crippen LogP contribution < -0.4 is 5.73 Å². The number of aryl methyl sites for hydroxylation is 4. The van der Waals surface area contributed by atoms with Crippen LogP contribution in [0.25, 0.3) is 11.3 Å². The van der Waals surface area contributed by atoms with Gasteiger partial charge >= 0.3 is 0 Å². The number of thiophene rings is 2. The summed E-state index contributed by atoms with van der Waals surface area (Å²) in [4.78, 5) is 4.85. The fourth-order valence-electron chi connectivity index (χ4n) is 2.73. The summed E-state index contributed by atoms with van der Waals surface area (Å²) in [5, 5.41) is 9.68. The van der Waals surface area contributed by atoms with Crippen LogP contribution in [-0.2, 0) is 0 Å². The Balaban J connectivity index is 2.78. The molecule has 0 spiro atoms. The minimum absolute atomic E-state index is 0.610. The number of nitrogens with zero attached hydrogens (tertiary/aromatic N) is 1. The van der Waals surface area contributed by atoms with Crippen LogP contribution >= 0.6 is 22.7 Å². The standard InChI is InChI=1S/C17H20N2S2/c1-8-10(3)20-12(5)15(8)14(7-18)17(19)16-9(2)11(4)21-13(16)6/h19H2,1-6H3/b17-14+. The minimum atomic E-state index is 0.610. The average molecular weight is 316 g/mol. The van der Waals surface area contributed by atoms with Gasteiger partial charge in [0.15, 0.2) is 0 Å². The number of nitrogens with two attached hydrogens (primary N) is 1. The van der Waals surface area contributed by atoms with Crippen LogP contribution in [0.2, 0.25) is 0 Å². The Labute approximate surface area is 134 Å².